The van der Waals surface area contributed by atoms with E-state index in [0.29, 0.717) is 35.9 Å². The first-order chi connectivity index (χ1) is 14.5. The molecule has 3 aromatic rings. The number of thiazole rings is 1. The summed E-state index contributed by atoms with van der Waals surface area (Å²) < 4.78 is 26.7. The van der Waals surface area contributed by atoms with Gasteiger partial charge in [0.15, 0.2) is 5.13 Å². The number of pyridine rings is 1. The van der Waals surface area contributed by atoms with Gasteiger partial charge in [-0.15, -0.1) is 11.3 Å². The molecule has 1 aliphatic carbocycles. The van der Waals surface area contributed by atoms with E-state index in [4.69, 9.17) is 0 Å². The lowest BCUT2D eigenvalue weighted by Crippen LogP contribution is -2.22. The van der Waals surface area contributed by atoms with Gasteiger partial charge in [-0.3, -0.25) is 9.52 Å². The Morgan fingerprint density at radius 1 is 1.17 bits per heavy atom. The molecule has 7 nitrogen and oxygen atoms in total. The van der Waals surface area contributed by atoms with Crippen molar-refractivity contribution in [3.05, 3.63) is 59.7 Å². The van der Waals surface area contributed by atoms with Crippen LogP contribution >= 0.6 is 11.3 Å². The summed E-state index contributed by atoms with van der Waals surface area (Å²) in [6.45, 7) is 1.89. The maximum atomic E-state index is 12.8. The van der Waals surface area contributed by atoms with E-state index in [-0.39, 0.29) is 11.2 Å². The molecule has 1 saturated carbocycles. The molecule has 1 aromatic carbocycles. The highest BCUT2D eigenvalue weighted by Gasteiger charge is 2.36. The Labute approximate surface area is 179 Å². The Kier molecular flexibility index (Phi) is 5.83. The lowest BCUT2D eigenvalue weighted by Gasteiger charge is -2.13. The molecule has 30 heavy (non-hydrogen) atoms. The Morgan fingerprint density at radius 2 is 1.93 bits per heavy atom. The first kappa shape index (κ1) is 20.5. The van der Waals surface area contributed by atoms with Crippen molar-refractivity contribution in [1.82, 2.24) is 9.97 Å². The van der Waals surface area contributed by atoms with E-state index in [1.165, 1.54) is 11.3 Å². The smallest absolute Gasteiger partial charge is 0.237 e. The lowest BCUT2D eigenvalue weighted by molar-refractivity contribution is -0.117. The summed E-state index contributed by atoms with van der Waals surface area (Å²) in [4.78, 5) is 21.5. The van der Waals surface area contributed by atoms with E-state index in [2.05, 4.69) is 20.0 Å². The van der Waals surface area contributed by atoms with Crippen molar-refractivity contribution >= 4 is 38.2 Å². The summed E-state index contributed by atoms with van der Waals surface area (Å²) >= 11 is 1.19. The van der Waals surface area contributed by atoms with Gasteiger partial charge < -0.3 is 5.32 Å². The maximum absolute atomic E-state index is 12.8. The molecule has 1 unspecified atom stereocenters. The van der Waals surface area contributed by atoms with Crippen LogP contribution in [0.1, 0.15) is 37.8 Å². The highest BCUT2D eigenvalue weighted by atomic mass is 32.2. The summed E-state index contributed by atoms with van der Waals surface area (Å²) in [5, 5.41) is 4.54. The maximum Gasteiger partial charge on any atom is 0.237 e. The molecule has 0 aliphatic heterocycles. The number of hydrogen-bond acceptors (Lipinski definition) is 6. The molecule has 4 rings (SSSR count). The molecule has 1 atom stereocenters. The third-order valence-corrected chi connectivity index (χ3v) is 7.65. The van der Waals surface area contributed by atoms with Crippen LogP contribution in [0, 0.1) is 0 Å². The second kappa shape index (κ2) is 8.53. The van der Waals surface area contributed by atoms with Gasteiger partial charge in [-0.05, 0) is 37.0 Å². The van der Waals surface area contributed by atoms with Crippen LogP contribution in [-0.4, -0.2) is 29.5 Å². The molecule has 156 valence electrons. The van der Waals surface area contributed by atoms with Crippen LogP contribution in [0.25, 0.3) is 11.1 Å². The summed E-state index contributed by atoms with van der Waals surface area (Å²) in [7, 11) is -3.37. The van der Waals surface area contributed by atoms with Crippen molar-refractivity contribution in [3.8, 4) is 11.1 Å². The van der Waals surface area contributed by atoms with E-state index < -0.39 is 15.9 Å². The number of amides is 1. The molecular weight excluding hydrogens is 420 g/mol. The number of benzene rings is 1. The molecule has 1 fully saturated rings. The van der Waals surface area contributed by atoms with Gasteiger partial charge in [0.05, 0.1) is 16.9 Å². The van der Waals surface area contributed by atoms with Crippen LogP contribution in [0.3, 0.4) is 0 Å². The van der Waals surface area contributed by atoms with Crippen molar-refractivity contribution in [1.29, 1.82) is 0 Å². The van der Waals surface area contributed by atoms with Gasteiger partial charge in [0.2, 0.25) is 15.9 Å². The molecular formula is C21H22N4O3S2. The molecule has 1 amide bonds. The zero-order chi connectivity index (χ0) is 21.1. The van der Waals surface area contributed by atoms with Gasteiger partial charge in [-0.2, -0.15) is 0 Å². The predicted octanol–water partition coefficient (Wildman–Crippen LogP) is 4.24. The fraction of sp³-hybridized carbons (Fsp3) is 0.286. The molecule has 0 saturated heterocycles. The zero-order valence-electron chi connectivity index (χ0n) is 16.4. The normalized spacial score (nSPS) is 14.8. The van der Waals surface area contributed by atoms with Crippen LogP contribution in [-0.2, 0) is 14.8 Å². The van der Waals surface area contributed by atoms with Crippen molar-refractivity contribution in [3.63, 3.8) is 0 Å². The first-order valence-electron chi connectivity index (χ1n) is 9.75. The highest BCUT2D eigenvalue weighted by Crippen LogP contribution is 2.32. The monoisotopic (exact) mass is 442 g/mol. The number of anilines is 2. The fourth-order valence-corrected chi connectivity index (χ4v) is 5.45. The Bertz CT molecular complexity index is 1120. The van der Waals surface area contributed by atoms with E-state index in [1.54, 1.807) is 17.6 Å². The van der Waals surface area contributed by atoms with Crippen LogP contribution in [0.5, 0.6) is 0 Å². The van der Waals surface area contributed by atoms with E-state index in [0.717, 1.165) is 11.1 Å². The average molecular weight is 443 g/mol. The van der Waals surface area contributed by atoms with Gasteiger partial charge in [0.25, 0.3) is 0 Å². The molecule has 9 heteroatoms. The summed E-state index contributed by atoms with van der Waals surface area (Å²) in [5.74, 6) is -0.251. The van der Waals surface area contributed by atoms with Crippen molar-refractivity contribution in [2.45, 2.75) is 37.4 Å². The third kappa shape index (κ3) is 4.68. The fourth-order valence-electron chi connectivity index (χ4n) is 3.09. The van der Waals surface area contributed by atoms with Crippen LogP contribution < -0.4 is 10.0 Å². The van der Waals surface area contributed by atoms with E-state index in [9.17, 15) is 13.2 Å². The van der Waals surface area contributed by atoms with Gasteiger partial charge in [0.1, 0.15) is 5.82 Å². The third-order valence-electron chi connectivity index (χ3n) is 4.92. The van der Waals surface area contributed by atoms with Crippen molar-refractivity contribution in [2.75, 3.05) is 10.0 Å². The average Bonchev–Trinajstić information content (AvgIpc) is 3.52. The number of rotatable bonds is 8. The molecule has 0 bridgehead atoms. The predicted molar refractivity (Wildman–Crippen MR) is 119 cm³/mol. The first-order valence-corrected chi connectivity index (χ1v) is 12.2. The zero-order valence-corrected chi connectivity index (χ0v) is 18.0. The molecule has 0 radical (unpaired) electrons. The van der Waals surface area contributed by atoms with E-state index >= 15 is 0 Å². The van der Waals surface area contributed by atoms with Gasteiger partial charge in [-0.1, -0.05) is 37.3 Å². The van der Waals surface area contributed by atoms with Crippen molar-refractivity contribution in [2.24, 2.45) is 0 Å². The van der Waals surface area contributed by atoms with Gasteiger partial charge >= 0.3 is 0 Å². The number of nitrogens with one attached hydrogen (secondary N) is 2. The van der Waals surface area contributed by atoms with E-state index in [1.807, 2.05) is 43.3 Å². The standard InChI is InChI=1S/C21H22N4O3S2/c1-2-17(18-13-29-21(23-18)25-30(27,28)16-9-10-16)20(26)24-19-11-8-15(12-22-19)14-6-4-3-5-7-14/h3-8,11-13,16-17H,2,9-10H2,1H3,(H,23,25)(H,22,24,26). The Hall–Kier alpha value is -2.78. The largest absolute Gasteiger partial charge is 0.310 e. The van der Waals surface area contributed by atoms with Crippen LogP contribution in [0.4, 0.5) is 10.9 Å². The minimum absolute atomic E-state index is 0.223. The summed E-state index contributed by atoms with van der Waals surface area (Å²) in [6, 6.07) is 13.6. The minimum Gasteiger partial charge on any atom is -0.310 e. The minimum atomic E-state index is -3.37. The highest BCUT2D eigenvalue weighted by molar-refractivity contribution is 7.93. The molecule has 1 aliphatic rings. The number of sulfonamides is 1. The molecule has 0 spiro atoms. The number of carbonyl (C=O) groups is 1. The van der Waals surface area contributed by atoms with Crippen LogP contribution in [0.15, 0.2) is 54.0 Å². The SMILES string of the molecule is CCC(C(=O)Nc1ccc(-c2ccccc2)cn1)c1csc(NS(=O)(=O)C2CC2)n1. The molecule has 2 N–H and O–H groups in total. The number of nitrogens with zero attached hydrogens (tertiary/aromatic N) is 2. The van der Waals surface area contributed by atoms with Crippen LogP contribution in [0.2, 0.25) is 0 Å². The quantitative estimate of drug-likeness (QED) is 0.543. The number of hydrogen-bond donors (Lipinski definition) is 2. The molecule has 2 aromatic heterocycles. The van der Waals surface area contributed by atoms with Gasteiger partial charge in [-0.25, -0.2) is 18.4 Å². The second-order valence-corrected chi connectivity index (χ2v) is 9.99. The topological polar surface area (TPSA) is 101 Å². The second-order valence-electron chi connectivity index (χ2n) is 7.17. The Balaban J connectivity index is 1.43. The summed E-state index contributed by atoms with van der Waals surface area (Å²) in [6.07, 6.45) is 3.62. The molecule has 2 heterocycles. The Morgan fingerprint density at radius 3 is 2.57 bits per heavy atom. The summed E-state index contributed by atoms with van der Waals surface area (Å²) in [5.41, 5.74) is 2.57. The van der Waals surface area contributed by atoms with Crippen molar-refractivity contribution < 1.29 is 13.2 Å². The lowest BCUT2D eigenvalue weighted by atomic mass is 10.0. The van der Waals surface area contributed by atoms with Gasteiger partial charge in [0, 0.05) is 17.1 Å². The number of aromatic nitrogens is 2. The number of carbonyl (C=O) groups excluding carboxylic acids is 1.